The molecule has 0 radical (unpaired) electrons. The second kappa shape index (κ2) is 7.46. The molecular weight excluding hydrogens is 372 g/mol. The van der Waals surface area contributed by atoms with Gasteiger partial charge < -0.3 is 10.4 Å². The summed E-state index contributed by atoms with van der Waals surface area (Å²) in [5, 5.41) is 16.3. The quantitative estimate of drug-likeness (QED) is 0.774. The van der Waals surface area contributed by atoms with Crippen molar-refractivity contribution in [1.82, 2.24) is 19.9 Å². The van der Waals surface area contributed by atoms with Crippen molar-refractivity contribution in [2.45, 2.75) is 49.3 Å². The lowest BCUT2D eigenvalue weighted by molar-refractivity contribution is -0.115. The Morgan fingerprint density at radius 2 is 2.08 bits per heavy atom. The number of nitrogens with zero attached hydrogens (tertiary/aromatic N) is 3. The minimum absolute atomic E-state index is 0. The van der Waals surface area contributed by atoms with E-state index >= 15 is 0 Å². The van der Waals surface area contributed by atoms with E-state index in [1.54, 1.807) is 17.1 Å². The Morgan fingerprint density at radius 1 is 1.31 bits per heavy atom. The molecule has 1 aliphatic carbocycles. The largest absolute Gasteiger partial charge is 0.387 e. The van der Waals surface area contributed by atoms with Crippen LogP contribution in [-0.4, -0.2) is 44.6 Å². The summed E-state index contributed by atoms with van der Waals surface area (Å²) in [7, 11) is 0. The standard InChI is InChI=1S/C18H24N4O2S.ClH/c1-25-15-8-14-13(9-20-15)16(23)22(12-21-14)11-18(24)6-7-19-10-17(18)4-2-3-5-17;/h8-9,12,19,24H,2-7,10-11H2,1H3;1H. The van der Waals surface area contributed by atoms with Crippen LogP contribution < -0.4 is 10.9 Å². The Hall–Kier alpha value is -1.15. The lowest BCUT2D eigenvalue weighted by Gasteiger charge is -2.49. The molecule has 1 atom stereocenters. The number of halogens is 1. The van der Waals surface area contributed by atoms with E-state index in [-0.39, 0.29) is 23.4 Å². The SMILES string of the molecule is CSc1cc2ncn(CC3(O)CCNCC34CCCC4)c(=O)c2cn1.Cl. The van der Waals surface area contributed by atoms with Gasteiger partial charge in [0.2, 0.25) is 0 Å². The van der Waals surface area contributed by atoms with Gasteiger partial charge in [0, 0.05) is 18.2 Å². The fourth-order valence-corrected chi connectivity index (χ4v) is 4.92. The first kappa shape index (κ1) is 19.6. The third-order valence-corrected chi connectivity index (χ3v) is 6.69. The van der Waals surface area contributed by atoms with Crippen molar-refractivity contribution in [3.63, 3.8) is 0 Å². The molecular formula is C18H25ClN4O2S. The monoisotopic (exact) mass is 396 g/mol. The summed E-state index contributed by atoms with van der Waals surface area (Å²) in [6.07, 6.45) is 10.1. The van der Waals surface area contributed by atoms with Gasteiger partial charge in [0.05, 0.1) is 34.4 Å². The molecule has 2 aliphatic rings. The first-order chi connectivity index (χ1) is 12.1. The fourth-order valence-electron chi connectivity index (χ4n) is 4.54. The molecule has 1 aliphatic heterocycles. The molecule has 26 heavy (non-hydrogen) atoms. The van der Waals surface area contributed by atoms with E-state index < -0.39 is 5.60 Å². The molecule has 0 aromatic carbocycles. The van der Waals surface area contributed by atoms with E-state index in [1.165, 1.54) is 11.8 Å². The van der Waals surface area contributed by atoms with Crippen molar-refractivity contribution in [1.29, 1.82) is 0 Å². The molecule has 6 nitrogen and oxygen atoms in total. The molecule has 2 aromatic heterocycles. The number of hydrogen-bond acceptors (Lipinski definition) is 6. The average Bonchev–Trinajstić information content (AvgIpc) is 3.10. The van der Waals surface area contributed by atoms with Crippen LogP contribution >= 0.6 is 24.2 Å². The van der Waals surface area contributed by atoms with Crippen LogP contribution in [0.25, 0.3) is 10.9 Å². The zero-order chi connectivity index (χ0) is 17.5. The van der Waals surface area contributed by atoms with Crippen molar-refractivity contribution >= 4 is 35.1 Å². The molecule has 2 aromatic rings. The number of aliphatic hydroxyl groups is 1. The summed E-state index contributed by atoms with van der Waals surface area (Å²) in [5.41, 5.74) is -0.444. The summed E-state index contributed by atoms with van der Waals surface area (Å²) in [4.78, 5) is 21.6. The van der Waals surface area contributed by atoms with E-state index in [0.29, 0.717) is 23.9 Å². The van der Waals surface area contributed by atoms with Crippen LogP contribution in [0.15, 0.2) is 28.4 Å². The molecule has 1 unspecified atom stereocenters. The lowest BCUT2D eigenvalue weighted by Crippen LogP contribution is -2.60. The van der Waals surface area contributed by atoms with Gasteiger partial charge in [-0.3, -0.25) is 9.36 Å². The number of piperidine rings is 1. The van der Waals surface area contributed by atoms with Gasteiger partial charge in [-0.25, -0.2) is 9.97 Å². The number of pyridine rings is 1. The summed E-state index contributed by atoms with van der Waals surface area (Å²) in [6, 6.07) is 1.84. The summed E-state index contributed by atoms with van der Waals surface area (Å²) in [6.45, 7) is 1.92. The Balaban J connectivity index is 0.00000196. The fraction of sp³-hybridized carbons (Fsp3) is 0.611. The predicted molar refractivity (Wildman–Crippen MR) is 106 cm³/mol. The molecule has 2 N–H and O–H groups in total. The highest BCUT2D eigenvalue weighted by Crippen LogP contribution is 2.49. The first-order valence-electron chi connectivity index (χ1n) is 8.89. The minimum Gasteiger partial charge on any atom is -0.387 e. The van der Waals surface area contributed by atoms with Crippen molar-refractivity contribution in [3.8, 4) is 0 Å². The van der Waals surface area contributed by atoms with Gasteiger partial charge in [-0.1, -0.05) is 12.8 Å². The van der Waals surface area contributed by atoms with E-state index in [9.17, 15) is 9.90 Å². The maximum absolute atomic E-state index is 12.9. The third-order valence-electron chi connectivity index (χ3n) is 6.05. The number of thioether (sulfide) groups is 1. The van der Waals surface area contributed by atoms with Gasteiger partial charge in [-0.05, 0) is 38.1 Å². The van der Waals surface area contributed by atoms with E-state index in [0.717, 1.165) is 43.8 Å². The molecule has 2 fully saturated rings. The highest BCUT2D eigenvalue weighted by molar-refractivity contribution is 7.98. The number of aromatic nitrogens is 3. The predicted octanol–water partition coefficient (Wildman–Crippen LogP) is 2.22. The molecule has 0 bridgehead atoms. The van der Waals surface area contributed by atoms with Crippen LogP contribution in [-0.2, 0) is 6.54 Å². The second-order valence-corrected chi connectivity index (χ2v) is 8.19. The topological polar surface area (TPSA) is 80.0 Å². The van der Waals surface area contributed by atoms with Gasteiger partial charge in [-0.15, -0.1) is 24.2 Å². The molecule has 3 heterocycles. The van der Waals surface area contributed by atoms with Crippen molar-refractivity contribution in [2.24, 2.45) is 5.41 Å². The van der Waals surface area contributed by atoms with Crippen LogP contribution in [0.1, 0.15) is 32.1 Å². The van der Waals surface area contributed by atoms with Crippen LogP contribution in [0.4, 0.5) is 0 Å². The summed E-state index contributed by atoms with van der Waals surface area (Å²) in [5.74, 6) is 0. The Morgan fingerprint density at radius 3 is 2.81 bits per heavy atom. The minimum atomic E-state index is -0.861. The van der Waals surface area contributed by atoms with Crippen molar-refractivity contribution in [3.05, 3.63) is 28.9 Å². The van der Waals surface area contributed by atoms with Gasteiger partial charge in [0.15, 0.2) is 0 Å². The third kappa shape index (κ3) is 3.15. The average molecular weight is 397 g/mol. The number of nitrogens with one attached hydrogen (secondary N) is 1. The number of hydrogen-bond donors (Lipinski definition) is 2. The number of rotatable bonds is 3. The van der Waals surface area contributed by atoms with Crippen molar-refractivity contribution < 1.29 is 5.11 Å². The Bertz CT molecular complexity index is 853. The molecule has 1 spiro atoms. The van der Waals surface area contributed by atoms with Crippen molar-refractivity contribution in [2.75, 3.05) is 19.3 Å². The molecule has 1 saturated heterocycles. The van der Waals surface area contributed by atoms with Gasteiger partial charge in [0.25, 0.3) is 5.56 Å². The smallest absolute Gasteiger partial charge is 0.262 e. The van der Waals surface area contributed by atoms with Gasteiger partial charge in [0.1, 0.15) is 0 Å². The zero-order valence-electron chi connectivity index (χ0n) is 14.9. The highest BCUT2D eigenvalue weighted by Gasteiger charge is 2.53. The van der Waals surface area contributed by atoms with Gasteiger partial charge in [-0.2, -0.15) is 0 Å². The van der Waals surface area contributed by atoms with E-state index in [1.807, 2.05) is 12.3 Å². The lowest BCUT2D eigenvalue weighted by atomic mass is 9.66. The normalized spacial score (nSPS) is 24.7. The number of fused-ring (bicyclic) bond motifs is 1. The van der Waals surface area contributed by atoms with E-state index in [4.69, 9.17) is 0 Å². The first-order valence-corrected chi connectivity index (χ1v) is 10.1. The Labute approximate surface area is 163 Å². The summed E-state index contributed by atoms with van der Waals surface area (Å²) < 4.78 is 1.58. The highest BCUT2D eigenvalue weighted by atomic mass is 35.5. The Kier molecular flexibility index (Phi) is 5.63. The van der Waals surface area contributed by atoms with Crippen LogP contribution in [0.5, 0.6) is 0 Å². The second-order valence-electron chi connectivity index (χ2n) is 7.37. The summed E-state index contributed by atoms with van der Waals surface area (Å²) >= 11 is 1.53. The molecule has 4 rings (SSSR count). The molecule has 142 valence electrons. The van der Waals surface area contributed by atoms with E-state index in [2.05, 4.69) is 15.3 Å². The van der Waals surface area contributed by atoms with Crippen LogP contribution in [0.2, 0.25) is 0 Å². The van der Waals surface area contributed by atoms with Crippen LogP contribution in [0.3, 0.4) is 0 Å². The molecule has 1 saturated carbocycles. The molecule has 8 heteroatoms. The maximum Gasteiger partial charge on any atom is 0.262 e. The maximum atomic E-state index is 12.9. The van der Waals surface area contributed by atoms with Gasteiger partial charge >= 0.3 is 0 Å². The molecule has 0 amide bonds. The van der Waals surface area contributed by atoms with Crippen LogP contribution in [0, 0.1) is 5.41 Å². The zero-order valence-corrected chi connectivity index (χ0v) is 16.5.